The SMILES string of the molecule is CCCCCN(CC(=O)Nc1ccon1)C(=O)c1ccc(C(F)(F)F)cc1. The van der Waals surface area contributed by atoms with Gasteiger partial charge in [-0.3, -0.25) is 9.59 Å². The average Bonchev–Trinajstić information content (AvgIpc) is 3.12. The zero-order chi connectivity index (χ0) is 19.9. The smallest absolute Gasteiger partial charge is 0.363 e. The first-order valence-corrected chi connectivity index (χ1v) is 8.48. The van der Waals surface area contributed by atoms with Gasteiger partial charge in [0.05, 0.1) is 5.56 Å². The number of anilines is 1. The minimum absolute atomic E-state index is 0.0914. The summed E-state index contributed by atoms with van der Waals surface area (Å²) in [4.78, 5) is 26.1. The molecule has 9 heteroatoms. The molecule has 6 nitrogen and oxygen atoms in total. The number of benzene rings is 1. The van der Waals surface area contributed by atoms with Crippen LogP contribution in [0.3, 0.4) is 0 Å². The van der Waals surface area contributed by atoms with Crippen LogP contribution in [0.5, 0.6) is 0 Å². The van der Waals surface area contributed by atoms with Crippen molar-refractivity contribution in [3.05, 3.63) is 47.7 Å². The van der Waals surface area contributed by atoms with Crippen molar-refractivity contribution < 1.29 is 27.3 Å². The van der Waals surface area contributed by atoms with E-state index in [9.17, 15) is 22.8 Å². The molecule has 0 aliphatic rings. The summed E-state index contributed by atoms with van der Waals surface area (Å²) in [5, 5.41) is 6.05. The maximum Gasteiger partial charge on any atom is 0.416 e. The Bertz CT molecular complexity index is 743. The molecule has 0 fully saturated rings. The molecule has 0 saturated heterocycles. The van der Waals surface area contributed by atoms with E-state index in [0.29, 0.717) is 13.0 Å². The minimum Gasteiger partial charge on any atom is -0.363 e. The first-order chi connectivity index (χ1) is 12.8. The van der Waals surface area contributed by atoms with Crippen molar-refractivity contribution in [1.29, 1.82) is 0 Å². The van der Waals surface area contributed by atoms with Crippen LogP contribution in [0.25, 0.3) is 0 Å². The summed E-state index contributed by atoms with van der Waals surface area (Å²) in [6.45, 7) is 2.08. The largest absolute Gasteiger partial charge is 0.416 e. The van der Waals surface area contributed by atoms with E-state index in [4.69, 9.17) is 0 Å². The predicted octanol–water partition coefficient (Wildman–Crippen LogP) is 3.96. The van der Waals surface area contributed by atoms with Gasteiger partial charge in [0.25, 0.3) is 5.91 Å². The average molecular weight is 383 g/mol. The van der Waals surface area contributed by atoms with E-state index in [0.717, 1.165) is 37.1 Å². The predicted molar refractivity (Wildman–Crippen MR) is 92.0 cm³/mol. The van der Waals surface area contributed by atoms with Crippen LogP contribution in [0, 0.1) is 0 Å². The third kappa shape index (κ3) is 6.12. The zero-order valence-electron chi connectivity index (χ0n) is 14.8. The Morgan fingerprint density at radius 2 is 1.85 bits per heavy atom. The first-order valence-electron chi connectivity index (χ1n) is 8.48. The van der Waals surface area contributed by atoms with Gasteiger partial charge in [-0.2, -0.15) is 13.2 Å². The molecule has 2 amide bonds. The Balaban J connectivity index is 2.09. The van der Waals surface area contributed by atoms with E-state index in [1.807, 2.05) is 6.92 Å². The summed E-state index contributed by atoms with van der Waals surface area (Å²) in [7, 11) is 0. The summed E-state index contributed by atoms with van der Waals surface area (Å²) in [6.07, 6.45) is -0.711. The lowest BCUT2D eigenvalue weighted by Crippen LogP contribution is -2.38. The Kier molecular flexibility index (Phi) is 6.98. The molecule has 2 aromatic rings. The molecule has 146 valence electrons. The molecule has 0 saturated carbocycles. The fourth-order valence-corrected chi connectivity index (χ4v) is 2.42. The van der Waals surface area contributed by atoms with Gasteiger partial charge in [-0.1, -0.05) is 24.9 Å². The maximum absolute atomic E-state index is 12.7. The third-order valence-electron chi connectivity index (χ3n) is 3.82. The van der Waals surface area contributed by atoms with Gasteiger partial charge in [0, 0.05) is 18.2 Å². The van der Waals surface area contributed by atoms with E-state index < -0.39 is 23.6 Å². The van der Waals surface area contributed by atoms with E-state index in [1.54, 1.807) is 0 Å². The normalized spacial score (nSPS) is 11.3. The number of rotatable bonds is 8. The number of unbranched alkanes of at least 4 members (excludes halogenated alkanes) is 2. The zero-order valence-corrected chi connectivity index (χ0v) is 14.8. The number of carbonyl (C=O) groups excluding carboxylic acids is 2. The number of aromatic nitrogens is 1. The van der Waals surface area contributed by atoms with Crippen LogP contribution in [0.2, 0.25) is 0 Å². The first kappa shape index (κ1) is 20.5. The quantitative estimate of drug-likeness (QED) is 0.700. The standard InChI is InChI=1S/C18H20F3N3O3/c1-2-3-4-10-24(12-16(25)22-15-9-11-27-23-15)17(26)13-5-7-14(8-6-13)18(19,20)21/h5-9,11H,2-4,10,12H2,1H3,(H,22,23,25). The van der Waals surface area contributed by atoms with E-state index in [2.05, 4.69) is 15.0 Å². The molecular formula is C18H20F3N3O3. The molecule has 1 aromatic carbocycles. The molecular weight excluding hydrogens is 363 g/mol. The van der Waals surface area contributed by atoms with Gasteiger partial charge in [-0.05, 0) is 30.7 Å². The fraction of sp³-hybridized carbons (Fsp3) is 0.389. The van der Waals surface area contributed by atoms with Crippen LogP contribution in [-0.2, 0) is 11.0 Å². The second kappa shape index (κ2) is 9.20. The summed E-state index contributed by atoms with van der Waals surface area (Å²) in [5.74, 6) is -0.758. The van der Waals surface area contributed by atoms with Gasteiger partial charge >= 0.3 is 6.18 Å². The van der Waals surface area contributed by atoms with E-state index in [1.165, 1.54) is 17.2 Å². The molecule has 0 aliphatic heterocycles. The molecule has 0 spiro atoms. The summed E-state index contributed by atoms with van der Waals surface area (Å²) in [6, 6.07) is 5.40. The van der Waals surface area contributed by atoms with Gasteiger partial charge in [0.1, 0.15) is 12.8 Å². The molecule has 27 heavy (non-hydrogen) atoms. The number of nitrogens with one attached hydrogen (secondary N) is 1. The Labute approximate surface area is 154 Å². The van der Waals surface area contributed by atoms with Crippen LogP contribution in [0.4, 0.5) is 19.0 Å². The second-order valence-electron chi connectivity index (χ2n) is 5.94. The number of alkyl halides is 3. The Morgan fingerprint density at radius 3 is 2.41 bits per heavy atom. The van der Waals surface area contributed by atoms with Crippen molar-refractivity contribution in [3.8, 4) is 0 Å². The lowest BCUT2D eigenvalue weighted by molar-refractivity contribution is -0.137. The van der Waals surface area contributed by atoms with Gasteiger partial charge in [-0.25, -0.2) is 0 Å². The van der Waals surface area contributed by atoms with Crippen molar-refractivity contribution in [2.45, 2.75) is 32.4 Å². The molecule has 0 bridgehead atoms. The molecule has 0 aliphatic carbocycles. The van der Waals surface area contributed by atoms with Gasteiger partial charge in [-0.15, -0.1) is 0 Å². The van der Waals surface area contributed by atoms with Crippen LogP contribution in [0.15, 0.2) is 41.1 Å². The number of halogens is 3. The number of amides is 2. The Hall–Kier alpha value is -2.84. The monoisotopic (exact) mass is 383 g/mol. The van der Waals surface area contributed by atoms with Crippen molar-refractivity contribution in [2.24, 2.45) is 0 Å². The van der Waals surface area contributed by atoms with Crippen molar-refractivity contribution >= 4 is 17.6 Å². The highest BCUT2D eigenvalue weighted by Gasteiger charge is 2.30. The fourth-order valence-electron chi connectivity index (χ4n) is 2.42. The summed E-state index contributed by atoms with van der Waals surface area (Å²) in [5.41, 5.74) is -0.742. The van der Waals surface area contributed by atoms with Crippen molar-refractivity contribution in [3.63, 3.8) is 0 Å². The number of hydrogen-bond acceptors (Lipinski definition) is 4. The highest BCUT2D eigenvalue weighted by Crippen LogP contribution is 2.29. The van der Waals surface area contributed by atoms with Gasteiger partial charge in [0.15, 0.2) is 5.82 Å². The van der Waals surface area contributed by atoms with Gasteiger partial charge < -0.3 is 14.7 Å². The van der Waals surface area contributed by atoms with Crippen molar-refractivity contribution in [2.75, 3.05) is 18.4 Å². The van der Waals surface area contributed by atoms with Crippen LogP contribution in [0.1, 0.15) is 42.1 Å². The number of nitrogens with zero attached hydrogens (tertiary/aromatic N) is 2. The van der Waals surface area contributed by atoms with Crippen LogP contribution < -0.4 is 5.32 Å². The molecule has 2 rings (SSSR count). The molecule has 0 atom stereocenters. The van der Waals surface area contributed by atoms with Gasteiger partial charge in [0.2, 0.25) is 5.91 Å². The molecule has 1 aromatic heterocycles. The van der Waals surface area contributed by atoms with Crippen LogP contribution in [-0.4, -0.2) is 35.0 Å². The highest BCUT2D eigenvalue weighted by molar-refractivity contribution is 5.99. The third-order valence-corrected chi connectivity index (χ3v) is 3.82. The lowest BCUT2D eigenvalue weighted by atomic mass is 10.1. The van der Waals surface area contributed by atoms with Crippen molar-refractivity contribution in [1.82, 2.24) is 10.1 Å². The molecule has 0 unspecified atom stereocenters. The lowest BCUT2D eigenvalue weighted by Gasteiger charge is -2.22. The van der Waals surface area contributed by atoms with Crippen LogP contribution >= 0.6 is 0 Å². The maximum atomic E-state index is 12.7. The molecule has 1 N–H and O–H groups in total. The number of carbonyl (C=O) groups is 2. The number of hydrogen-bond donors (Lipinski definition) is 1. The summed E-state index contributed by atoms with van der Waals surface area (Å²) >= 11 is 0. The second-order valence-corrected chi connectivity index (χ2v) is 5.94. The summed E-state index contributed by atoms with van der Waals surface area (Å²) < 4.78 is 42.6. The minimum atomic E-state index is -4.47. The molecule has 0 radical (unpaired) electrons. The van der Waals surface area contributed by atoms with E-state index in [-0.39, 0.29) is 17.9 Å². The van der Waals surface area contributed by atoms with E-state index >= 15 is 0 Å². The Morgan fingerprint density at radius 1 is 1.15 bits per heavy atom. The highest BCUT2D eigenvalue weighted by atomic mass is 19.4. The molecule has 1 heterocycles. The topological polar surface area (TPSA) is 75.4 Å².